The molecule has 0 unspecified atom stereocenters. The number of hydrogen-bond acceptors (Lipinski definition) is 5. The van der Waals surface area contributed by atoms with Crippen LogP contribution in [0, 0.1) is 18.6 Å². The summed E-state index contributed by atoms with van der Waals surface area (Å²) in [5, 5.41) is 4.94. The van der Waals surface area contributed by atoms with Gasteiger partial charge < -0.3 is 0 Å². The van der Waals surface area contributed by atoms with E-state index in [-0.39, 0.29) is 12.0 Å². The van der Waals surface area contributed by atoms with E-state index in [1.807, 2.05) is 49.4 Å². The standard InChI is InChI=1S/C23H18F2N4S/c1-15-22(28-23(30-15)21-7-2-3-13-26-21)16-8-10-17(11-9-16)29-27-14-12-18-19(24)5-4-6-20(18)25/h2-11,13-14,29H,12H2,1H3/b27-14+. The second-order valence-corrected chi connectivity index (χ2v) is 7.75. The minimum atomic E-state index is -0.575. The first-order chi connectivity index (χ1) is 14.6. The zero-order valence-electron chi connectivity index (χ0n) is 16.1. The first kappa shape index (κ1) is 19.8. The summed E-state index contributed by atoms with van der Waals surface area (Å²) >= 11 is 1.61. The van der Waals surface area contributed by atoms with E-state index in [1.54, 1.807) is 17.5 Å². The van der Waals surface area contributed by atoms with Crippen molar-refractivity contribution in [1.29, 1.82) is 0 Å². The number of nitrogens with zero attached hydrogens (tertiary/aromatic N) is 3. The fourth-order valence-corrected chi connectivity index (χ4v) is 3.86. The number of rotatable bonds is 6. The predicted molar refractivity (Wildman–Crippen MR) is 118 cm³/mol. The summed E-state index contributed by atoms with van der Waals surface area (Å²) in [6.07, 6.45) is 3.27. The second kappa shape index (κ2) is 8.92. The Hall–Kier alpha value is -3.45. The topological polar surface area (TPSA) is 50.2 Å². The Morgan fingerprint density at radius 2 is 1.77 bits per heavy atom. The average molecular weight is 420 g/mol. The molecule has 1 N–H and O–H groups in total. The third-order valence-electron chi connectivity index (χ3n) is 4.48. The molecule has 0 aliphatic carbocycles. The Morgan fingerprint density at radius 1 is 1.00 bits per heavy atom. The van der Waals surface area contributed by atoms with Crippen LogP contribution in [0.2, 0.25) is 0 Å². The van der Waals surface area contributed by atoms with Crippen molar-refractivity contribution in [3.05, 3.63) is 88.9 Å². The molecule has 0 spiro atoms. The van der Waals surface area contributed by atoms with Gasteiger partial charge in [-0.15, -0.1) is 11.3 Å². The smallest absolute Gasteiger partial charge is 0.142 e. The van der Waals surface area contributed by atoms with Crippen LogP contribution in [-0.4, -0.2) is 16.2 Å². The highest BCUT2D eigenvalue weighted by Gasteiger charge is 2.12. The molecule has 0 aliphatic rings. The molecule has 30 heavy (non-hydrogen) atoms. The lowest BCUT2D eigenvalue weighted by Gasteiger charge is -2.03. The number of nitrogens with one attached hydrogen (secondary N) is 1. The molecule has 2 aromatic carbocycles. The number of thiazole rings is 1. The van der Waals surface area contributed by atoms with E-state index < -0.39 is 11.6 Å². The van der Waals surface area contributed by atoms with Gasteiger partial charge in [-0.1, -0.05) is 24.3 Å². The van der Waals surface area contributed by atoms with Gasteiger partial charge >= 0.3 is 0 Å². The molecule has 0 atom stereocenters. The summed E-state index contributed by atoms with van der Waals surface area (Å²) in [7, 11) is 0. The van der Waals surface area contributed by atoms with E-state index in [2.05, 4.69) is 15.5 Å². The lowest BCUT2D eigenvalue weighted by molar-refractivity contribution is 0.565. The molecule has 0 bridgehead atoms. The maximum Gasteiger partial charge on any atom is 0.142 e. The van der Waals surface area contributed by atoms with Crippen LogP contribution in [0.25, 0.3) is 22.0 Å². The number of benzene rings is 2. The minimum Gasteiger partial charge on any atom is -0.279 e. The molecule has 4 rings (SSSR count). The Balaban J connectivity index is 1.43. The first-order valence-corrected chi connectivity index (χ1v) is 10.1. The molecule has 0 saturated carbocycles. The first-order valence-electron chi connectivity index (χ1n) is 9.31. The molecule has 7 heteroatoms. The predicted octanol–water partition coefficient (Wildman–Crippen LogP) is 6.10. The van der Waals surface area contributed by atoms with Crippen molar-refractivity contribution < 1.29 is 8.78 Å². The number of aryl methyl sites for hydroxylation is 1. The SMILES string of the molecule is Cc1sc(-c2ccccn2)nc1-c1ccc(N/N=C/Cc2c(F)cccc2F)cc1. The summed E-state index contributed by atoms with van der Waals surface area (Å²) < 4.78 is 27.2. The monoisotopic (exact) mass is 420 g/mol. The number of hydrazone groups is 1. The average Bonchev–Trinajstić information content (AvgIpc) is 3.15. The van der Waals surface area contributed by atoms with Crippen LogP contribution in [-0.2, 0) is 6.42 Å². The lowest BCUT2D eigenvalue weighted by atomic mass is 10.1. The molecular formula is C23H18F2N4S. The second-order valence-electron chi connectivity index (χ2n) is 6.54. The molecule has 0 radical (unpaired) electrons. The highest BCUT2D eigenvalue weighted by Crippen LogP contribution is 2.32. The van der Waals surface area contributed by atoms with Crippen molar-refractivity contribution in [3.8, 4) is 22.0 Å². The van der Waals surface area contributed by atoms with Gasteiger partial charge in [0.25, 0.3) is 0 Å². The number of aromatic nitrogens is 2. The van der Waals surface area contributed by atoms with Gasteiger partial charge in [0, 0.05) is 34.8 Å². The normalized spacial score (nSPS) is 11.2. The zero-order chi connectivity index (χ0) is 20.9. The van der Waals surface area contributed by atoms with Gasteiger partial charge in [-0.05, 0) is 43.3 Å². The Labute approximate surface area is 177 Å². The van der Waals surface area contributed by atoms with Gasteiger partial charge in [0.2, 0.25) is 0 Å². The number of pyridine rings is 1. The van der Waals surface area contributed by atoms with Crippen molar-refractivity contribution in [2.45, 2.75) is 13.3 Å². The molecule has 0 aliphatic heterocycles. The quantitative estimate of drug-likeness (QED) is 0.303. The van der Waals surface area contributed by atoms with Crippen LogP contribution in [0.5, 0.6) is 0 Å². The van der Waals surface area contributed by atoms with Crippen LogP contribution < -0.4 is 5.43 Å². The Bertz CT molecular complexity index is 1150. The molecule has 0 fully saturated rings. The summed E-state index contributed by atoms with van der Waals surface area (Å²) in [6, 6.07) is 17.3. The molecule has 150 valence electrons. The fourth-order valence-electron chi connectivity index (χ4n) is 2.95. The van der Waals surface area contributed by atoms with E-state index in [9.17, 15) is 8.78 Å². The van der Waals surface area contributed by atoms with Gasteiger partial charge in [-0.2, -0.15) is 5.10 Å². The van der Waals surface area contributed by atoms with Crippen LogP contribution in [0.4, 0.5) is 14.5 Å². The van der Waals surface area contributed by atoms with Gasteiger partial charge in [-0.3, -0.25) is 10.4 Å². The molecule has 2 aromatic heterocycles. The molecule has 4 nitrogen and oxygen atoms in total. The molecule has 0 saturated heterocycles. The van der Waals surface area contributed by atoms with Crippen LogP contribution in [0.3, 0.4) is 0 Å². The Kier molecular flexibility index (Phi) is 5.90. The number of anilines is 1. The highest BCUT2D eigenvalue weighted by molar-refractivity contribution is 7.15. The maximum absolute atomic E-state index is 13.6. The van der Waals surface area contributed by atoms with E-state index in [0.717, 1.165) is 32.5 Å². The van der Waals surface area contributed by atoms with Crippen molar-refractivity contribution in [2.75, 3.05) is 5.43 Å². The van der Waals surface area contributed by atoms with Crippen molar-refractivity contribution in [2.24, 2.45) is 5.10 Å². The van der Waals surface area contributed by atoms with Crippen LogP contribution in [0.1, 0.15) is 10.4 Å². The summed E-state index contributed by atoms with van der Waals surface area (Å²) in [6.45, 7) is 2.04. The lowest BCUT2D eigenvalue weighted by Crippen LogP contribution is -1.98. The summed E-state index contributed by atoms with van der Waals surface area (Å²) in [4.78, 5) is 10.2. The van der Waals surface area contributed by atoms with Crippen molar-refractivity contribution >= 4 is 23.2 Å². The maximum atomic E-state index is 13.6. The fraction of sp³-hybridized carbons (Fsp3) is 0.0870. The number of hydrogen-bond donors (Lipinski definition) is 1. The van der Waals surface area contributed by atoms with Gasteiger partial charge in [0.1, 0.15) is 16.6 Å². The zero-order valence-corrected chi connectivity index (χ0v) is 17.0. The van der Waals surface area contributed by atoms with Crippen LogP contribution >= 0.6 is 11.3 Å². The van der Waals surface area contributed by atoms with Gasteiger partial charge in [-0.25, -0.2) is 13.8 Å². The molecule has 2 heterocycles. The van der Waals surface area contributed by atoms with Gasteiger partial charge in [0.15, 0.2) is 0 Å². The van der Waals surface area contributed by atoms with Crippen molar-refractivity contribution in [1.82, 2.24) is 9.97 Å². The van der Waals surface area contributed by atoms with E-state index >= 15 is 0 Å². The molecular weight excluding hydrogens is 402 g/mol. The third-order valence-corrected chi connectivity index (χ3v) is 5.47. The van der Waals surface area contributed by atoms with E-state index in [0.29, 0.717) is 0 Å². The Morgan fingerprint density at radius 3 is 2.47 bits per heavy atom. The summed E-state index contributed by atoms with van der Waals surface area (Å²) in [5.41, 5.74) is 6.42. The van der Waals surface area contributed by atoms with Crippen molar-refractivity contribution in [3.63, 3.8) is 0 Å². The largest absolute Gasteiger partial charge is 0.279 e. The van der Waals surface area contributed by atoms with Gasteiger partial charge in [0.05, 0.1) is 17.1 Å². The molecule has 4 aromatic rings. The van der Waals surface area contributed by atoms with Crippen LogP contribution in [0.15, 0.2) is 72.0 Å². The molecule has 0 amide bonds. The number of halogens is 2. The van der Waals surface area contributed by atoms with E-state index in [1.165, 1.54) is 24.4 Å². The highest BCUT2D eigenvalue weighted by atomic mass is 32.1. The minimum absolute atomic E-state index is 0.00103. The third kappa shape index (κ3) is 4.41. The van der Waals surface area contributed by atoms with E-state index in [4.69, 9.17) is 4.98 Å². The summed E-state index contributed by atoms with van der Waals surface area (Å²) in [5.74, 6) is -1.15.